The number of anilines is 1. The van der Waals surface area contributed by atoms with E-state index < -0.39 is 0 Å². The van der Waals surface area contributed by atoms with E-state index in [4.69, 9.17) is 15.2 Å². The summed E-state index contributed by atoms with van der Waals surface area (Å²) in [5.41, 5.74) is 9.37. The second-order valence-electron chi connectivity index (χ2n) is 5.54. The lowest BCUT2D eigenvalue weighted by molar-refractivity contribution is -0.0172. The summed E-state index contributed by atoms with van der Waals surface area (Å²) in [5, 5.41) is 3.05. The Labute approximate surface area is 140 Å². The van der Waals surface area contributed by atoms with Gasteiger partial charge in [-0.1, -0.05) is 19.1 Å². The fraction of sp³-hybridized carbons (Fsp3) is 0.278. The van der Waals surface area contributed by atoms with E-state index in [0.717, 1.165) is 12.1 Å². The monoisotopic (exact) mass is 329 g/mol. The fourth-order valence-corrected chi connectivity index (χ4v) is 2.60. The summed E-state index contributed by atoms with van der Waals surface area (Å²) in [6, 6.07) is 10.8. The highest BCUT2D eigenvalue weighted by Crippen LogP contribution is 2.29. The molecule has 0 saturated carbocycles. The van der Waals surface area contributed by atoms with Gasteiger partial charge in [-0.15, -0.1) is 0 Å². The molecule has 24 heavy (non-hydrogen) atoms. The Hall–Kier alpha value is -2.60. The summed E-state index contributed by atoms with van der Waals surface area (Å²) in [6.45, 7) is 2.81. The predicted molar refractivity (Wildman–Crippen MR) is 91.5 cm³/mol. The molecule has 1 heterocycles. The molecule has 0 unspecified atom stereocenters. The van der Waals surface area contributed by atoms with Crippen molar-refractivity contribution in [1.82, 2.24) is 0 Å². The van der Waals surface area contributed by atoms with Gasteiger partial charge in [-0.25, -0.2) is 9.38 Å². The van der Waals surface area contributed by atoms with E-state index in [0.29, 0.717) is 23.5 Å². The molecule has 0 spiro atoms. The third-order valence-corrected chi connectivity index (χ3v) is 3.78. The first-order chi connectivity index (χ1) is 11.7. The van der Waals surface area contributed by atoms with Crippen LogP contribution in [0.3, 0.4) is 0 Å². The number of ether oxygens (including phenoxy) is 2. The third-order valence-electron chi connectivity index (χ3n) is 3.78. The first-order valence-corrected chi connectivity index (χ1v) is 7.83. The van der Waals surface area contributed by atoms with Crippen LogP contribution in [0.2, 0.25) is 0 Å². The number of rotatable bonds is 4. The number of hydrogen-bond acceptors (Lipinski definition) is 3. The molecule has 1 aliphatic rings. The van der Waals surface area contributed by atoms with Gasteiger partial charge in [0.05, 0.1) is 13.2 Å². The van der Waals surface area contributed by atoms with E-state index >= 15 is 0 Å². The van der Waals surface area contributed by atoms with E-state index in [1.54, 1.807) is 0 Å². The number of guanidine groups is 1. The number of aryl methyl sites for hydroxylation is 1. The minimum Gasteiger partial charge on any atom is -0.467 e. The van der Waals surface area contributed by atoms with Crippen molar-refractivity contribution < 1.29 is 13.9 Å². The number of benzene rings is 2. The van der Waals surface area contributed by atoms with Gasteiger partial charge in [-0.2, -0.15) is 0 Å². The van der Waals surface area contributed by atoms with Crippen molar-refractivity contribution in [2.45, 2.75) is 26.5 Å². The standard InChI is InChI=1S/C18H20FN3O2/c1-2-12-4-3-5-16(6-12)22-18(20)21-9-13-7-15(19)8-14-10-23-11-24-17(13)14/h3-8H,2,9-11H2,1H3,(H3,20,21,22). The van der Waals surface area contributed by atoms with Crippen molar-refractivity contribution in [2.24, 2.45) is 10.7 Å². The minimum atomic E-state index is -0.338. The first kappa shape index (κ1) is 16.3. The summed E-state index contributed by atoms with van der Waals surface area (Å²) >= 11 is 0. The maximum absolute atomic E-state index is 13.7. The van der Waals surface area contributed by atoms with Gasteiger partial charge in [0.25, 0.3) is 0 Å². The van der Waals surface area contributed by atoms with Crippen molar-refractivity contribution in [3.8, 4) is 5.75 Å². The van der Waals surface area contributed by atoms with Crippen molar-refractivity contribution in [3.63, 3.8) is 0 Å². The number of halogens is 1. The maximum Gasteiger partial charge on any atom is 0.193 e. The Morgan fingerprint density at radius 1 is 1.33 bits per heavy atom. The number of fused-ring (bicyclic) bond motifs is 1. The zero-order chi connectivity index (χ0) is 16.9. The van der Waals surface area contributed by atoms with E-state index in [2.05, 4.69) is 23.3 Å². The molecule has 1 aliphatic heterocycles. The lowest BCUT2D eigenvalue weighted by Gasteiger charge is -2.20. The number of hydrogen-bond donors (Lipinski definition) is 2. The minimum absolute atomic E-state index is 0.160. The largest absolute Gasteiger partial charge is 0.467 e. The van der Waals surface area contributed by atoms with Crippen molar-refractivity contribution in [3.05, 3.63) is 58.9 Å². The molecule has 5 nitrogen and oxygen atoms in total. The van der Waals surface area contributed by atoms with Gasteiger partial charge >= 0.3 is 0 Å². The summed E-state index contributed by atoms with van der Waals surface area (Å²) in [4.78, 5) is 4.29. The number of aliphatic imine (C=N–C) groups is 1. The highest BCUT2D eigenvalue weighted by atomic mass is 19.1. The Morgan fingerprint density at radius 2 is 2.21 bits per heavy atom. The average Bonchev–Trinajstić information content (AvgIpc) is 2.59. The van der Waals surface area contributed by atoms with Crippen LogP contribution in [0.15, 0.2) is 41.4 Å². The second kappa shape index (κ2) is 7.31. The Bertz CT molecular complexity index is 762. The van der Waals surface area contributed by atoms with Crippen LogP contribution >= 0.6 is 0 Å². The third kappa shape index (κ3) is 3.83. The van der Waals surface area contributed by atoms with E-state index in [9.17, 15) is 4.39 Å². The molecule has 3 N–H and O–H groups in total. The van der Waals surface area contributed by atoms with Gasteiger partial charge in [0.2, 0.25) is 0 Å². The topological polar surface area (TPSA) is 68.9 Å². The highest BCUT2D eigenvalue weighted by molar-refractivity contribution is 5.92. The molecule has 0 atom stereocenters. The molecule has 0 saturated heterocycles. The molecule has 0 bridgehead atoms. The Balaban J connectivity index is 1.74. The molecular formula is C18H20FN3O2. The van der Waals surface area contributed by atoms with Gasteiger partial charge in [0, 0.05) is 16.8 Å². The van der Waals surface area contributed by atoms with Crippen LogP contribution in [-0.2, 0) is 24.3 Å². The van der Waals surface area contributed by atoms with Crippen LogP contribution in [0, 0.1) is 5.82 Å². The average molecular weight is 329 g/mol. The molecule has 0 amide bonds. The molecule has 2 aromatic carbocycles. The summed E-state index contributed by atoms with van der Waals surface area (Å²) in [6.07, 6.45) is 0.946. The molecule has 6 heteroatoms. The fourth-order valence-electron chi connectivity index (χ4n) is 2.60. The van der Waals surface area contributed by atoms with Crippen LogP contribution in [0.1, 0.15) is 23.6 Å². The van der Waals surface area contributed by atoms with Gasteiger partial charge in [-0.3, -0.25) is 0 Å². The van der Waals surface area contributed by atoms with Crippen LogP contribution in [0.5, 0.6) is 5.75 Å². The molecule has 0 radical (unpaired) electrons. The van der Waals surface area contributed by atoms with Crippen LogP contribution in [0.25, 0.3) is 0 Å². The quantitative estimate of drug-likeness (QED) is 0.668. The molecular weight excluding hydrogens is 309 g/mol. The second-order valence-corrected chi connectivity index (χ2v) is 5.54. The molecule has 0 aromatic heterocycles. The lowest BCUT2D eigenvalue weighted by Crippen LogP contribution is -2.23. The molecule has 3 rings (SSSR count). The van der Waals surface area contributed by atoms with Crippen molar-refractivity contribution in [2.75, 3.05) is 12.1 Å². The lowest BCUT2D eigenvalue weighted by atomic mass is 10.1. The van der Waals surface area contributed by atoms with Crippen molar-refractivity contribution in [1.29, 1.82) is 0 Å². The molecule has 0 fully saturated rings. The summed E-state index contributed by atoms with van der Waals surface area (Å²) in [5.74, 6) is 0.565. The zero-order valence-corrected chi connectivity index (χ0v) is 13.5. The number of nitrogens with one attached hydrogen (secondary N) is 1. The zero-order valence-electron chi connectivity index (χ0n) is 13.5. The van der Waals surface area contributed by atoms with Gasteiger partial charge in [-0.05, 0) is 36.2 Å². The van der Waals surface area contributed by atoms with Crippen LogP contribution in [-0.4, -0.2) is 12.8 Å². The highest BCUT2D eigenvalue weighted by Gasteiger charge is 2.16. The predicted octanol–water partition coefficient (Wildman–Crippen LogP) is 3.18. The Kier molecular flexibility index (Phi) is 4.96. The maximum atomic E-state index is 13.7. The summed E-state index contributed by atoms with van der Waals surface area (Å²) < 4.78 is 24.3. The van der Waals surface area contributed by atoms with Crippen LogP contribution in [0.4, 0.5) is 10.1 Å². The first-order valence-electron chi connectivity index (χ1n) is 7.83. The molecule has 126 valence electrons. The van der Waals surface area contributed by atoms with Gasteiger partial charge < -0.3 is 20.5 Å². The number of nitrogens with zero attached hydrogens (tertiary/aromatic N) is 1. The van der Waals surface area contributed by atoms with Crippen LogP contribution < -0.4 is 15.8 Å². The number of nitrogens with two attached hydrogens (primary N) is 1. The summed E-state index contributed by atoms with van der Waals surface area (Å²) in [7, 11) is 0. The van der Waals surface area contributed by atoms with Gasteiger partial charge in [0.1, 0.15) is 11.6 Å². The normalized spacial score (nSPS) is 14.0. The van der Waals surface area contributed by atoms with E-state index in [1.165, 1.54) is 17.7 Å². The molecule has 0 aliphatic carbocycles. The van der Waals surface area contributed by atoms with Crippen molar-refractivity contribution >= 4 is 11.6 Å². The van der Waals surface area contributed by atoms with E-state index in [1.807, 2.05) is 18.2 Å². The smallest absolute Gasteiger partial charge is 0.193 e. The van der Waals surface area contributed by atoms with E-state index in [-0.39, 0.29) is 25.1 Å². The molecule has 2 aromatic rings. The Morgan fingerprint density at radius 3 is 3.04 bits per heavy atom. The SMILES string of the molecule is CCc1cccc(NC(N)=NCc2cc(F)cc3c2OCOC3)c1. The van der Waals surface area contributed by atoms with Gasteiger partial charge in [0.15, 0.2) is 12.8 Å².